The number of aromatic nitrogens is 4. The molecule has 2 heterocycles. The summed E-state index contributed by atoms with van der Waals surface area (Å²) in [5.41, 5.74) is 0.177. The van der Waals surface area contributed by atoms with Crippen molar-refractivity contribution in [3.05, 3.63) is 61.0 Å². The predicted octanol–water partition coefficient (Wildman–Crippen LogP) is 1.49. The lowest BCUT2D eigenvalue weighted by Crippen LogP contribution is -2.40. The topological polar surface area (TPSA) is 140 Å². The quantitative estimate of drug-likeness (QED) is 0.186. The molecule has 3 rings (SSSR count). The van der Waals surface area contributed by atoms with Crippen molar-refractivity contribution >= 4 is 34.7 Å². The van der Waals surface area contributed by atoms with Gasteiger partial charge in [-0.05, 0) is 30.9 Å². The van der Waals surface area contributed by atoms with Gasteiger partial charge >= 0.3 is 13.3 Å². The normalized spacial score (nSPS) is 11.7. The minimum Gasteiger partial charge on any atom is -0.395 e. The van der Waals surface area contributed by atoms with E-state index in [4.69, 9.17) is 16.2 Å². The molecule has 0 aliphatic rings. The van der Waals surface area contributed by atoms with E-state index < -0.39 is 18.8 Å². The van der Waals surface area contributed by atoms with Gasteiger partial charge in [-0.15, -0.1) is 6.42 Å². The molecule has 10 nitrogen and oxygen atoms in total. The summed E-state index contributed by atoms with van der Waals surface area (Å²) >= 11 is 3.52. The van der Waals surface area contributed by atoms with E-state index >= 15 is 0 Å². The van der Waals surface area contributed by atoms with Crippen molar-refractivity contribution in [3.8, 4) is 12.3 Å². The second kappa shape index (κ2) is 11.3. The van der Waals surface area contributed by atoms with Gasteiger partial charge in [-0.1, -0.05) is 40.0 Å². The van der Waals surface area contributed by atoms with Crippen molar-refractivity contribution in [1.29, 1.82) is 0 Å². The zero-order valence-corrected chi connectivity index (χ0v) is 20.9. The van der Waals surface area contributed by atoms with Crippen LogP contribution in [-0.4, -0.2) is 46.3 Å². The van der Waals surface area contributed by atoms with Crippen LogP contribution in [0.25, 0.3) is 11.2 Å². The highest BCUT2D eigenvalue weighted by atomic mass is 79.9. The molecule has 0 fully saturated rings. The van der Waals surface area contributed by atoms with Crippen LogP contribution in [-0.2, 0) is 37.0 Å². The van der Waals surface area contributed by atoms with Crippen LogP contribution < -0.4 is 11.2 Å². The summed E-state index contributed by atoms with van der Waals surface area (Å²) < 4.78 is 16.0. The molecule has 0 amide bonds. The standard InChI is InChI=1S/C22H26BrN4O6P/c1-2-11-27-21(29)19-20(26(22(27)30)12-5-6-15-34(31,32)33)24-18(25(19)13-14-28)10-9-16-7-3-4-8-17(16)23/h1,3-4,7-8,28H,5-6,9-15H2,(H2,31,32,33). The maximum atomic E-state index is 13.2. The summed E-state index contributed by atoms with van der Waals surface area (Å²) in [6.07, 6.45) is 6.64. The molecule has 0 radical (unpaired) electrons. The first-order chi connectivity index (χ1) is 16.2. The first kappa shape index (κ1) is 26.1. The van der Waals surface area contributed by atoms with Crippen LogP contribution in [0.4, 0.5) is 0 Å². The number of aliphatic hydroxyl groups is 1. The van der Waals surface area contributed by atoms with Gasteiger partial charge in [-0.2, -0.15) is 0 Å². The van der Waals surface area contributed by atoms with E-state index in [0.29, 0.717) is 25.1 Å². The number of rotatable bonds is 11. The molecule has 1 aromatic carbocycles. The lowest BCUT2D eigenvalue weighted by molar-refractivity contribution is 0.276. The smallest absolute Gasteiger partial charge is 0.333 e. The number of aliphatic hydroxyl groups excluding tert-OH is 1. The molecule has 3 aromatic rings. The summed E-state index contributed by atoms with van der Waals surface area (Å²) in [6, 6.07) is 7.73. The van der Waals surface area contributed by atoms with Gasteiger partial charge < -0.3 is 19.5 Å². The first-order valence-electron chi connectivity index (χ1n) is 10.7. The molecule has 0 bridgehead atoms. The van der Waals surface area contributed by atoms with Crippen molar-refractivity contribution in [2.24, 2.45) is 0 Å². The Bertz CT molecular complexity index is 1380. The predicted molar refractivity (Wildman–Crippen MR) is 132 cm³/mol. The van der Waals surface area contributed by atoms with Gasteiger partial charge in [0.05, 0.1) is 13.2 Å². The maximum absolute atomic E-state index is 13.2. The van der Waals surface area contributed by atoms with E-state index in [9.17, 15) is 19.3 Å². The molecule has 182 valence electrons. The van der Waals surface area contributed by atoms with Crippen molar-refractivity contribution in [1.82, 2.24) is 18.7 Å². The fourth-order valence-electron chi connectivity index (χ4n) is 3.83. The zero-order valence-electron chi connectivity index (χ0n) is 18.4. The van der Waals surface area contributed by atoms with Crippen LogP contribution in [0, 0.1) is 12.3 Å². The number of imidazole rings is 1. The van der Waals surface area contributed by atoms with Gasteiger partial charge in [-0.3, -0.25) is 13.9 Å². The summed E-state index contributed by atoms with van der Waals surface area (Å²) in [7, 11) is -4.15. The van der Waals surface area contributed by atoms with Crippen LogP contribution in [0.5, 0.6) is 0 Å². The van der Waals surface area contributed by atoms with Crippen LogP contribution in [0.3, 0.4) is 0 Å². The lowest BCUT2D eigenvalue weighted by Gasteiger charge is -2.11. The Labute approximate surface area is 204 Å². The fraction of sp³-hybridized carbons (Fsp3) is 0.409. The summed E-state index contributed by atoms with van der Waals surface area (Å²) in [6.45, 7) is -0.236. The molecule has 0 atom stereocenters. The van der Waals surface area contributed by atoms with E-state index in [1.807, 2.05) is 24.3 Å². The average molecular weight is 553 g/mol. The second-order valence-electron chi connectivity index (χ2n) is 7.79. The number of halogens is 1. The third-order valence-electron chi connectivity index (χ3n) is 5.42. The van der Waals surface area contributed by atoms with Crippen molar-refractivity contribution in [2.75, 3.05) is 12.8 Å². The minimum atomic E-state index is -4.15. The number of unbranched alkanes of at least 4 members (excludes halogenated alkanes) is 1. The Morgan fingerprint density at radius 3 is 2.44 bits per heavy atom. The number of hydrogen-bond donors (Lipinski definition) is 3. The van der Waals surface area contributed by atoms with Gasteiger partial charge in [0, 0.05) is 30.1 Å². The van der Waals surface area contributed by atoms with Gasteiger partial charge in [-0.25, -0.2) is 14.3 Å². The van der Waals surface area contributed by atoms with Gasteiger partial charge in [0.2, 0.25) is 0 Å². The summed E-state index contributed by atoms with van der Waals surface area (Å²) in [5, 5.41) is 9.65. The third-order valence-corrected chi connectivity index (χ3v) is 7.10. The Morgan fingerprint density at radius 2 is 1.79 bits per heavy atom. The third kappa shape index (κ3) is 5.95. The van der Waals surface area contributed by atoms with Crippen LogP contribution in [0.15, 0.2) is 38.3 Å². The highest BCUT2D eigenvalue weighted by molar-refractivity contribution is 9.10. The molecule has 12 heteroatoms. The molecule has 34 heavy (non-hydrogen) atoms. The number of benzene rings is 1. The molecule has 0 unspecified atom stereocenters. The van der Waals surface area contributed by atoms with Crippen molar-refractivity contribution in [2.45, 2.75) is 45.3 Å². The number of fused-ring (bicyclic) bond motifs is 1. The minimum absolute atomic E-state index is 0.111. The average Bonchev–Trinajstić information content (AvgIpc) is 3.13. The molecule has 0 saturated carbocycles. The van der Waals surface area contributed by atoms with Crippen LogP contribution in [0.1, 0.15) is 24.2 Å². The Balaban J connectivity index is 2.08. The number of terminal acetylenes is 1. The van der Waals surface area contributed by atoms with Gasteiger partial charge in [0.25, 0.3) is 5.56 Å². The van der Waals surface area contributed by atoms with E-state index in [1.54, 1.807) is 4.57 Å². The number of aryl methyl sites for hydroxylation is 3. The number of hydrogen-bond acceptors (Lipinski definition) is 5. The second-order valence-corrected chi connectivity index (χ2v) is 10.4. The molecular formula is C22H26BrN4O6P. The van der Waals surface area contributed by atoms with Crippen LogP contribution >= 0.6 is 23.5 Å². The Morgan fingerprint density at radius 1 is 1.06 bits per heavy atom. The van der Waals surface area contributed by atoms with Gasteiger partial charge in [0.15, 0.2) is 11.2 Å². The van der Waals surface area contributed by atoms with E-state index in [-0.39, 0.29) is 50.0 Å². The maximum Gasteiger partial charge on any atom is 0.333 e. The highest BCUT2D eigenvalue weighted by Gasteiger charge is 2.21. The molecule has 3 N–H and O–H groups in total. The van der Waals surface area contributed by atoms with E-state index in [0.717, 1.165) is 14.6 Å². The first-order valence-corrected chi connectivity index (χ1v) is 13.3. The molecule has 0 aliphatic heterocycles. The van der Waals surface area contributed by atoms with Crippen molar-refractivity contribution < 1.29 is 19.5 Å². The molecular weight excluding hydrogens is 527 g/mol. The Kier molecular flexibility index (Phi) is 8.68. The lowest BCUT2D eigenvalue weighted by atomic mass is 10.1. The van der Waals surface area contributed by atoms with E-state index in [1.165, 1.54) is 4.57 Å². The van der Waals surface area contributed by atoms with Crippen molar-refractivity contribution in [3.63, 3.8) is 0 Å². The zero-order chi connectivity index (χ0) is 24.9. The molecule has 0 aliphatic carbocycles. The molecule has 0 spiro atoms. The summed E-state index contributed by atoms with van der Waals surface area (Å²) in [4.78, 5) is 49.0. The molecule has 2 aromatic heterocycles. The largest absolute Gasteiger partial charge is 0.395 e. The SMILES string of the molecule is C#CCn1c(=O)c2c(nc(CCc3ccccc3Br)n2CCO)n(CCCCP(=O)(O)O)c1=O. The highest BCUT2D eigenvalue weighted by Crippen LogP contribution is 2.35. The van der Waals surface area contributed by atoms with Crippen LogP contribution in [0.2, 0.25) is 0 Å². The fourth-order valence-corrected chi connectivity index (χ4v) is 4.95. The molecule has 0 saturated heterocycles. The Hall–Kier alpha value is -2.48. The monoisotopic (exact) mass is 552 g/mol. The van der Waals surface area contributed by atoms with E-state index in [2.05, 4.69) is 26.8 Å². The van der Waals surface area contributed by atoms with Gasteiger partial charge in [0.1, 0.15) is 5.82 Å². The summed E-state index contributed by atoms with van der Waals surface area (Å²) in [5.74, 6) is 2.86. The number of nitrogens with zero attached hydrogens (tertiary/aromatic N) is 4.